The first-order valence-electron chi connectivity index (χ1n) is 9.66. The summed E-state index contributed by atoms with van der Waals surface area (Å²) < 4.78 is 5.01. The van der Waals surface area contributed by atoms with E-state index in [0.29, 0.717) is 23.5 Å². The maximum atomic E-state index is 12.0. The molecule has 1 aromatic heterocycles. The van der Waals surface area contributed by atoms with Crippen LogP contribution in [0.3, 0.4) is 0 Å². The molecule has 0 fully saturated rings. The molecule has 0 radical (unpaired) electrons. The molecule has 0 spiro atoms. The summed E-state index contributed by atoms with van der Waals surface area (Å²) in [6, 6.07) is 16.4. The van der Waals surface area contributed by atoms with Gasteiger partial charge in [-0.05, 0) is 48.4 Å². The zero-order valence-corrected chi connectivity index (χ0v) is 17.7. The Morgan fingerprint density at radius 2 is 1.73 bits per heavy atom. The van der Waals surface area contributed by atoms with Gasteiger partial charge in [0.15, 0.2) is 5.82 Å². The molecular formula is C23H28N4O3. The Morgan fingerprint density at radius 3 is 2.23 bits per heavy atom. The zero-order valence-electron chi connectivity index (χ0n) is 17.7. The van der Waals surface area contributed by atoms with Gasteiger partial charge in [0, 0.05) is 28.4 Å². The molecule has 0 bridgehead atoms. The molecule has 0 aliphatic carbocycles. The van der Waals surface area contributed by atoms with E-state index >= 15 is 0 Å². The van der Waals surface area contributed by atoms with Gasteiger partial charge in [0.1, 0.15) is 5.76 Å². The van der Waals surface area contributed by atoms with Crippen LogP contribution in [0.25, 0.3) is 0 Å². The number of hydrogen-bond donors (Lipinski definition) is 3. The highest BCUT2D eigenvalue weighted by molar-refractivity contribution is 6.04. The van der Waals surface area contributed by atoms with E-state index in [9.17, 15) is 9.59 Å². The maximum Gasteiger partial charge on any atom is 0.255 e. The fraction of sp³-hybridized carbons (Fsp3) is 0.261. The van der Waals surface area contributed by atoms with Crippen LogP contribution in [0.5, 0.6) is 0 Å². The van der Waals surface area contributed by atoms with Crippen LogP contribution in [-0.2, 0) is 16.6 Å². The van der Waals surface area contributed by atoms with Crippen LogP contribution in [-0.4, -0.2) is 17.5 Å². The molecule has 1 heterocycles. The summed E-state index contributed by atoms with van der Waals surface area (Å²) in [6.07, 6.45) is 1.55. The molecule has 0 unspecified atom stereocenters. The Morgan fingerprint density at radius 1 is 1.10 bits per heavy atom. The minimum Gasteiger partial charge on any atom is -0.399 e. The molecule has 4 N–H and O–H groups in total. The van der Waals surface area contributed by atoms with Crippen molar-refractivity contribution in [2.45, 2.75) is 39.5 Å². The number of nitrogen functional groups attached to an aromatic ring is 1. The third kappa shape index (κ3) is 6.77. The van der Waals surface area contributed by atoms with Gasteiger partial charge < -0.3 is 20.9 Å². The minimum absolute atomic E-state index is 0.0736. The number of hydrogen-bond acceptors (Lipinski definition) is 5. The molecule has 0 saturated heterocycles. The number of aromatic nitrogens is 1. The van der Waals surface area contributed by atoms with Gasteiger partial charge >= 0.3 is 0 Å². The molecule has 158 valence electrons. The molecule has 7 heteroatoms. The number of benzene rings is 2. The van der Waals surface area contributed by atoms with Crippen molar-refractivity contribution in [3.63, 3.8) is 0 Å². The first kappa shape index (κ1) is 22.7. The summed E-state index contributed by atoms with van der Waals surface area (Å²) in [6.45, 7) is 8.12. The normalized spacial score (nSPS) is 10.5. The second-order valence-electron chi connectivity index (χ2n) is 7.72. The number of rotatable bonds is 5. The topological polar surface area (TPSA) is 110 Å². The molecular weight excluding hydrogens is 380 g/mol. The quantitative estimate of drug-likeness (QED) is 0.421. The molecule has 3 aromatic rings. The van der Waals surface area contributed by atoms with Crippen molar-refractivity contribution in [2.75, 3.05) is 16.4 Å². The summed E-state index contributed by atoms with van der Waals surface area (Å²) in [7, 11) is 0. The van der Waals surface area contributed by atoms with E-state index in [4.69, 9.17) is 10.3 Å². The third-order valence-electron chi connectivity index (χ3n) is 4.25. The van der Waals surface area contributed by atoms with Crippen molar-refractivity contribution in [3.05, 3.63) is 71.5 Å². The molecule has 0 atom stereocenters. The zero-order chi connectivity index (χ0) is 22.1. The van der Waals surface area contributed by atoms with E-state index in [0.717, 1.165) is 17.9 Å². The van der Waals surface area contributed by atoms with Crippen molar-refractivity contribution in [2.24, 2.45) is 0 Å². The molecule has 7 nitrogen and oxygen atoms in total. The lowest BCUT2D eigenvalue weighted by molar-refractivity contribution is -0.105. The summed E-state index contributed by atoms with van der Waals surface area (Å²) >= 11 is 0. The number of nitrogens with two attached hydrogens (primary N) is 1. The molecule has 0 saturated carbocycles. The van der Waals surface area contributed by atoms with Gasteiger partial charge in [-0.1, -0.05) is 45.0 Å². The van der Waals surface area contributed by atoms with E-state index in [1.54, 1.807) is 30.3 Å². The lowest BCUT2D eigenvalue weighted by Crippen LogP contribution is -2.11. The second-order valence-corrected chi connectivity index (χ2v) is 7.72. The number of anilines is 3. The summed E-state index contributed by atoms with van der Waals surface area (Å²) in [5.41, 5.74) is 8.82. The average Bonchev–Trinajstić information content (AvgIpc) is 3.20. The van der Waals surface area contributed by atoms with E-state index in [1.165, 1.54) is 5.56 Å². The van der Waals surface area contributed by atoms with Gasteiger partial charge in [0.25, 0.3) is 5.91 Å². The van der Waals surface area contributed by atoms with Gasteiger partial charge in [-0.15, -0.1) is 0 Å². The largest absolute Gasteiger partial charge is 0.399 e. The predicted octanol–water partition coefficient (Wildman–Crippen LogP) is 4.62. The van der Waals surface area contributed by atoms with Crippen molar-refractivity contribution >= 4 is 29.5 Å². The lowest BCUT2D eigenvalue weighted by Gasteiger charge is -2.11. The number of carbonyl (C=O) groups is 2. The standard InChI is InChI=1S/C15H16N2O.C8H12N2O2/c1-2-11-3-5-12(6-4-11)15(18)17-14-9-7-13(16)8-10-14;1-8(2,3)6-4-7(9-5-11)10-12-6/h3-10H,2,16H2,1H3,(H,17,18);4-5H,1-3H3,(H,9,10,11). The number of amides is 2. The minimum atomic E-state index is -0.109. The fourth-order valence-corrected chi connectivity index (χ4v) is 2.42. The Bertz CT molecular complexity index is 955. The Labute approximate surface area is 176 Å². The van der Waals surface area contributed by atoms with E-state index in [-0.39, 0.29) is 11.3 Å². The molecule has 2 amide bonds. The molecule has 0 aliphatic rings. The third-order valence-corrected chi connectivity index (χ3v) is 4.25. The summed E-state index contributed by atoms with van der Waals surface area (Å²) in [4.78, 5) is 22.0. The van der Waals surface area contributed by atoms with Crippen molar-refractivity contribution < 1.29 is 14.1 Å². The van der Waals surface area contributed by atoms with Crippen LogP contribution >= 0.6 is 0 Å². The highest BCUT2D eigenvalue weighted by Gasteiger charge is 2.19. The van der Waals surface area contributed by atoms with Crippen LogP contribution in [0, 0.1) is 0 Å². The molecule has 3 rings (SSSR count). The van der Waals surface area contributed by atoms with Gasteiger partial charge in [0.2, 0.25) is 6.41 Å². The van der Waals surface area contributed by atoms with E-state index in [2.05, 4.69) is 22.7 Å². The highest BCUT2D eigenvalue weighted by atomic mass is 16.5. The van der Waals surface area contributed by atoms with Crippen molar-refractivity contribution in [3.8, 4) is 0 Å². The van der Waals surface area contributed by atoms with Crippen molar-refractivity contribution in [1.29, 1.82) is 0 Å². The molecule has 2 aromatic carbocycles. The van der Waals surface area contributed by atoms with Crippen LogP contribution < -0.4 is 16.4 Å². The lowest BCUT2D eigenvalue weighted by atomic mass is 9.93. The van der Waals surface area contributed by atoms with E-state index in [1.807, 2.05) is 45.0 Å². The number of nitrogens with zero attached hydrogens (tertiary/aromatic N) is 1. The molecule has 0 aliphatic heterocycles. The summed E-state index contributed by atoms with van der Waals surface area (Å²) in [5, 5.41) is 8.90. The summed E-state index contributed by atoms with van der Waals surface area (Å²) in [5.74, 6) is 1.10. The Hall–Kier alpha value is -3.61. The average molecular weight is 409 g/mol. The number of nitrogens with one attached hydrogen (secondary N) is 2. The van der Waals surface area contributed by atoms with Crippen LogP contribution in [0.1, 0.15) is 49.4 Å². The fourth-order valence-electron chi connectivity index (χ4n) is 2.42. The highest BCUT2D eigenvalue weighted by Crippen LogP contribution is 2.23. The van der Waals surface area contributed by atoms with Gasteiger partial charge in [-0.25, -0.2) is 0 Å². The van der Waals surface area contributed by atoms with Crippen LogP contribution in [0.2, 0.25) is 0 Å². The SMILES string of the molecule is CC(C)(C)c1cc(NC=O)no1.CCc1ccc(C(=O)Nc2ccc(N)cc2)cc1. The van der Waals surface area contributed by atoms with Gasteiger partial charge in [0.05, 0.1) is 0 Å². The van der Waals surface area contributed by atoms with Crippen LogP contribution in [0.4, 0.5) is 17.2 Å². The number of aryl methyl sites for hydroxylation is 1. The number of carbonyl (C=O) groups excluding carboxylic acids is 2. The van der Waals surface area contributed by atoms with Gasteiger partial charge in [-0.3, -0.25) is 9.59 Å². The first-order valence-corrected chi connectivity index (χ1v) is 9.66. The predicted molar refractivity (Wildman–Crippen MR) is 120 cm³/mol. The monoisotopic (exact) mass is 408 g/mol. The smallest absolute Gasteiger partial charge is 0.255 e. The first-order chi connectivity index (χ1) is 14.2. The Kier molecular flexibility index (Phi) is 7.75. The van der Waals surface area contributed by atoms with Crippen LogP contribution in [0.15, 0.2) is 59.1 Å². The second kappa shape index (κ2) is 10.2. The maximum absolute atomic E-state index is 12.0. The molecule has 30 heavy (non-hydrogen) atoms. The van der Waals surface area contributed by atoms with E-state index < -0.39 is 0 Å². The van der Waals surface area contributed by atoms with Crippen molar-refractivity contribution in [1.82, 2.24) is 5.16 Å². The van der Waals surface area contributed by atoms with Gasteiger partial charge in [-0.2, -0.15) is 0 Å². The Balaban J connectivity index is 0.000000232.